The number of aliphatic hydroxyl groups is 4. The van der Waals surface area contributed by atoms with Gasteiger partial charge in [-0.2, -0.15) is 9.97 Å². The number of rotatable bonds is 14. The molecule has 0 saturated carbocycles. The second-order valence-corrected chi connectivity index (χ2v) is 8.06. The predicted octanol–water partition coefficient (Wildman–Crippen LogP) is 1.44. The standard InChI is InChI=1S/C26H31N3O8/c1-2-21(33)27-22-24(35-14-17-9-5-3-6-10-17)28-26(37-15-18-11-7-4-8-12-18)29-25(22)36-16-20(32)23(34)19(31)13-30/h3-12,19-20,23,30-32,34H,2,13-16H2,1H3,(H,27,33)/t19-,20+,23-/m1/s1. The molecule has 2 aromatic carbocycles. The predicted molar refractivity (Wildman–Crippen MR) is 133 cm³/mol. The summed E-state index contributed by atoms with van der Waals surface area (Å²) in [6, 6.07) is 18.5. The van der Waals surface area contributed by atoms with E-state index in [1.807, 2.05) is 60.7 Å². The van der Waals surface area contributed by atoms with Crippen LogP contribution in [0.1, 0.15) is 24.5 Å². The number of nitrogens with zero attached hydrogens (tertiary/aromatic N) is 2. The van der Waals surface area contributed by atoms with Gasteiger partial charge in [0.05, 0.1) is 6.61 Å². The monoisotopic (exact) mass is 513 g/mol. The first-order valence-corrected chi connectivity index (χ1v) is 11.7. The lowest BCUT2D eigenvalue weighted by Gasteiger charge is -2.22. The van der Waals surface area contributed by atoms with Crippen LogP contribution in [0.25, 0.3) is 0 Å². The summed E-state index contributed by atoms with van der Waals surface area (Å²) in [5.74, 6) is -0.566. The van der Waals surface area contributed by atoms with Crippen LogP contribution in [-0.4, -0.2) is 67.8 Å². The van der Waals surface area contributed by atoms with Crippen molar-refractivity contribution in [3.8, 4) is 17.8 Å². The number of amides is 1. The molecular formula is C26H31N3O8. The maximum Gasteiger partial charge on any atom is 0.323 e. The van der Waals surface area contributed by atoms with Crippen molar-refractivity contribution >= 4 is 11.6 Å². The van der Waals surface area contributed by atoms with Crippen molar-refractivity contribution in [2.24, 2.45) is 0 Å². The van der Waals surface area contributed by atoms with Gasteiger partial charge in [0.1, 0.15) is 38.1 Å². The minimum atomic E-state index is -1.68. The Kier molecular flexibility index (Phi) is 10.6. The van der Waals surface area contributed by atoms with Gasteiger partial charge >= 0.3 is 6.01 Å². The van der Waals surface area contributed by atoms with Crippen molar-refractivity contribution in [1.82, 2.24) is 9.97 Å². The van der Waals surface area contributed by atoms with Crippen molar-refractivity contribution < 1.29 is 39.4 Å². The van der Waals surface area contributed by atoms with E-state index in [-0.39, 0.29) is 49.0 Å². The molecule has 0 radical (unpaired) electrons. The summed E-state index contributed by atoms with van der Waals surface area (Å²) >= 11 is 0. The van der Waals surface area contributed by atoms with Gasteiger partial charge in [0.15, 0.2) is 5.69 Å². The zero-order chi connectivity index (χ0) is 26.6. The Labute approximate surface area is 214 Å². The normalized spacial score (nSPS) is 13.3. The van der Waals surface area contributed by atoms with Crippen LogP contribution in [0.15, 0.2) is 60.7 Å². The van der Waals surface area contributed by atoms with E-state index < -0.39 is 31.5 Å². The van der Waals surface area contributed by atoms with Gasteiger partial charge in [-0.25, -0.2) is 0 Å². The summed E-state index contributed by atoms with van der Waals surface area (Å²) in [7, 11) is 0. The minimum Gasteiger partial charge on any atom is -0.473 e. The van der Waals surface area contributed by atoms with Crippen LogP contribution in [-0.2, 0) is 18.0 Å². The SMILES string of the molecule is CCC(=O)Nc1c(OCc2ccccc2)nc(OCc2ccccc2)nc1OC[C@H](O)[C@H](O)[C@H](O)CO. The molecule has 11 nitrogen and oxygen atoms in total. The third-order valence-corrected chi connectivity index (χ3v) is 5.20. The Morgan fingerprint density at radius 1 is 0.838 bits per heavy atom. The summed E-state index contributed by atoms with van der Waals surface area (Å²) in [6.45, 7) is 0.644. The molecule has 37 heavy (non-hydrogen) atoms. The van der Waals surface area contributed by atoms with Crippen molar-refractivity contribution in [2.45, 2.75) is 44.9 Å². The minimum absolute atomic E-state index is 0.0132. The fraction of sp³-hybridized carbons (Fsp3) is 0.346. The van der Waals surface area contributed by atoms with Crippen LogP contribution in [0.5, 0.6) is 17.8 Å². The summed E-state index contributed by atoms with van der Waals surface area (Å²) in [5.41, 5.74) is 1.72. The molecule has 1 aromatic heterocycles. The molecule has 0 bridgehead atoms. The van der Waals surface area contributed by atoms with Gasteiger partial charge < -0.3 is 40.0 Å². The molecular weight excluding hydrogens is 482 g/mol. The van der Waals surface area contributed by atoms with Gasteiger partial charge in [-0.3, -0.25) is 4.79 Å². The number of anilines is 1. The maximum atomic E-state index is 12.3. The summed E-state index contributed by atoms with van der Waals surface area (Å²) < 4.78 is 17.3. The first kappa shape index (κ1) is 27.8. The van der Waals surface area contributed by atoms with Crippen LogP contribution in [0.2, 0.25) is 0 Å². The number of hydrogen-bond acceptors (Lipinski definition) is 10. The average Bonchev–Trinajstić information content (AvgIpc) is 2.94. The molecule has 11 heteroatoms. The number of hydrogen-bond donors (Lipinski definition) is 5. The fourth-order valence-corrected chi connectivity index (χ4v) is 3.09. The van der Waals surface area contributed by atoms with Gasteiger partial charge in [0, 0.05) is 6.42 Å². The third kappa shape index (κ3) is 8.40. The highest BCUT2D eigenvalue weighted by Gasteiger charge is 2.27. The van der Waals surface area contributed by atoms with Crippen LogP contribution >= 0.6 is 0 Å². The van der Waals surface area contributed by atoms with Crippen molar-refractivity contribution in [3.63, 3.8) is 0 Å². The Bertz CT molecular complexity index is 1120. The Hall–Kier alpha value is -3.77. The first-order valence-electron chi connectivity index (χ1n) is 11.7. The molecule has 0 aliphatic heterocycles. The maximum absolute atomic E-state index is 12.3. The smallest absolute Gasteiger partial charge is 0.323 e. The van der Waals surface area contributed by atoms with Gasteiger partial charge in [-0.05, 0) is 11.1 Å². The Morgan fingerprint density at radius 3 is 1.92 bits per heavy atom. The van der Waals surface area contributed by atoms with Crippen LogP contribution in [0.3, 0.4) is 0 Å². The van der Waals surface area contributed by atoms with E-state index in [1.165, 1.54) is 0 Å². The number of carbonyl (C=O) groups excluding carboxylic acids is 1. The van der Waals surface area contributed by atoms with E-state index in [0.717, 1.165) is 11.1 Å². The molecule has 3 aromatic rings. The molecule has 1 heterocycles. The van der Waals surface area contributed by atoms with E-state index in [1.54, 1.807) is 6.92 Å². The number of benzene rings is 2. The lowest BCUT2D eigenvalue weighted by molar-refractivity contribution is -0.115. The number of aliphatic hydroxyl groups excluding tert-OH is 4. The van der Waals surface area contributed by atoms with Crippen molar-refractivity contribution in [3.05, 3.63) is 71.8 Å². The summed E-state index contributed by atoms with van der Waals surface area (Å²) in [6.07, 6.45) is -4.68. The van der Waals surface area contributed by atoms with Crippen LogP contribution in [0.4, 0.5) is 5.69 Å². The highest BCUT2D eigenvalue weighted by Crippen LogP contribution is 2.35. The van der Waals surface area contributed by atoms with E-state index in [4.69, 9.17) is 19.3 Å². The molecule has 1 amide bonds. The van der Waals surface area contributed by atoms with Gasteiger partial charge in [0.2, 0.25) is 17.7 Å². The largest absolute Gasteiger partial charge is 0.473 e. The van der Waals surface area contributed by atoms with Crippen LogP contribution < -0.4 is 19.5 Å². The summed E-state index contributed by atoms with van der Waals surface area (Å²) in [5, 5.41) is 41.4. The molecule has 0 aliphatic rings. The highest BCUT2D eigenvalue weighted by atomic mass is 16.5. The Balaban J connectivity index is 1.91. The molecule has 5 N–H and O–H groups in total. The molecule has 0 aliphatic carbocycles. The molecule has 0 fully saturated rings. The number of aromatic nitrogens is 2. The van der Waals surface area contributed by atoms with E-state index in [0.29, 0.717) is 0 Å². The molecule has 3 rings (SSSR count). The van der Waals surface area contributed by atoms with E-state index >= 15 is 0 Å². The topological polar surface area (TPSA) is 163 Å². The summed E-state index contributed by atoms with van der Waals surface area (Å²) in [4.78, 5) is 20.8. The van der Waals surface area contributed by atoms with Crippen LogP contribution in [0, 0.1) is 0 Å². The van der Waals surface area contributed by atoms with E-state index in [2.05, 4.69) is 15.3 Å². The molecule has 0 saturated heterocycles. The molecule has 0 spiro atoms. The lowest BCUT2D eigenvalue weighted by atomic mass is 10.1. The quantitative estimate of drug-likeness (QED) is 0.213. The second kappa shape index (κ2) is 14.1. The van der Waals surface area contributed by atoms with Crippen molar-refractivity contribution in [2.75, 3.05) is 18.5 Å². The number of ether oxygens (including phenoxy) is 3. The second-order valence-electron chi connectivity index (χ2n) is 8.06. The zero-order valence-electron chi connectivity index (χ0n) is 20.4. The molecule has 3 atom stereocenters. The van der Waals surface area contributed by atoms with Gasteiger partial charge in [-0.15, -0.1) is 0 Å². The third-order valence-electron chi connectivity index (χ3n) is 5.20. The Morgan fingerprint density at radius 2 is 1.38 bits per heavy atom. The number of nitrogens with one attached hydrogen (secondary N) is 1. The highest BCUT2D eigenvalue weighted by molar-refractivity contribution is 5.93. The number of carbonyl (C=O) groups is 1. The average molecular weight is 514 g/mol. The first-order chi connectivity index (χ1) is 17.9. The molecule has 198 valence electrons. The van der Waals surface area contributed by atoms with Crippen molar-refractivity contribution in [1.29, 1.82) is 0 Å². The fourth-order valence-electron chi connectivity index (χ4n) is 3.09. The van der Waals surface area contributed by atoms with Gasteiger partial charge in [-0.1, -0.05) is 67.6 Å². The molecule has 0 unspecified atom stereocenters. The van der Waals surface area contributed by atoms with E-state index in [9.17, 15) is 20.1 Å². The zero-order valence-corrected chi connectivity index (χ0v) is 20.4. The lowest BCUT2D eigenvalue weighted by Crippen LogP contribution is -2.42. The van der Waals surface area contributed by atoms with Gasteiger partial charge in [0.25, 0.3) is 0 Å².